The number of hydrogen-bond donors (Lipinski definition) is 2. The van der Waals surface area contributed by atoms with Crippen LogP contribution in [0.2, 0.25) is 0 Å². The molecule has 0 saturated carbocycles. The van der Waals surface area contributed by atoms with Crippen molar-refractivity contribution in [1.29, 1.82) is 0 Å². The second-order valence-corrected chi connectivity index (χ2v) is 7.77. The minimum Gasteiger partial charge on any atom is -0.467 e. The number of benzene rings is 1. The van der Waals surface area contributed by atoms with Gasteiger partial charge in [0.05, 0.1) is 18.0 Å². The van der Waals surface area contributed by atoms with Gasteiger partial charge >= 0.3 is 5.97 Å². The molecule has 7 nitrogen and oxygen atoms in total. The number of nitrogens with zero attached hydrogens (tertiary/aromatic N) is 1. The molecule has 0 aliphatic heterocycles. The van der Waals surface area contributed by atoms with Gasteiger partial charge in [0, 0.05) is 13.0 Å². The highest BCUT2D eigenvalue weighted by Crippen LogP contribution is 2.09. The fourth-order valence-electron chi connectivity index (χ4n) is 3.39. The van der Waals surface area contributed by atoms with E-state index in [1.807, 2.05) is 18.2 Å². The van der Waals surface area contributed by atoms with Gasteiger partial charge in [-0.1, -0.05) is 44.7 Å². The zero-order valence-corrected chi connectivity index (χ0v) is 18.6. The number of aromatic nitrogens is 2. The smallest absolute Gasteiger partial charge is 0.328 e. The normalized spacial score (nSPS) is 11.9. The van der Waals surface area contributed by atoms with Crippen LogP contribution in [0.25, 0.3) is 10.9 Å². The van der Waals surface area contributed by atoms with Gasteiger partial charge in [-0.2, -0.15) is 0 Å². The van der Waals surface area contributed by atoms with Gasteiger partial charge in [-0.3, -0.25) is 14.2 Å². The maximum atomic E-state index is 12.6. The van der Waals surface area contributed by atoms with Gasteiger partial charge in [0.25, 0.3) is 5.56 Å². The van der Waals surface area contributed by atoms with Crippen molar-refractivity contribution in [3.8, 4) is 0 Å². The number of rotatable bonds is 12. The Labute approximate surface area is 181 Å². The molecule has 1 aromatic heterocycles. The van der Waals surface area contributed by atoms with Gasteiger partial charge in [-0.05, 0) is 43.6 Å². The van der Waals surface area contributed by atoms with Gasteiger partial charge in [0.1, 0.15) is 6.04 Å². The number of carbonyl (C=O) groups excluding carboxylic acids is 2. The van der Waals surface area contributed by atoms with Crippen molar-refractivity contribution in [1.82, 2.24) is 14.9 Å². The number of hydrogen-bond acceptors (Lipinski definition) is 5. The molecule has 0 fully saturated rings. The number of aromatic amines is 1. The van der Waals surface area contributed by atoms with Crippen LogP contribution in [0.15, 0.2) is 29.1 Å². The molecule has 2 N–H and O–H groups in total. The summed E-state index contributed by atoms with van der Waals surface area (Å²) in [7, 11) is 1.33. The Kier molecular flexibility index (Phi) is 9.73. The second kappa shape index (κ2) is 12.3. The predicted molar refractivity (Wildman–Crippen MR) is 120 cm³/mol. The minimum atomic E-state index is -0.580. The fraction of sp³-hybridized carbons (Fsp3) is 0.545. The van der Waals surface area contributed by atoms with Crippen molar-refractivity contribution >= 4 is 35.0 Å². The van der Waals surface area contributed by atoms with E-state index >= 15 is 0 Å². The highest BCUT2D eigenvalue weighted by Gasteiger charge is 2.20. The SMILES string of the molecule is CCCCCC(NC(=O)CCCCCn1c(=S)[nH]c2ccccc2c1=O)C(=O)OC. The second-order valence-electron chi connectivity index (χ2n) is 7.38. The van der Waals surface area contributed by atoms with E-state index in [0.29, 0.717) is 36.0 Å². The van der Waals surface area contributed by atoms with Crippen molar-refractivity contribution in [3.63, 3.8) is 0 Å². The Bertz CT molecular complexity index is 967. The van der Waals surface area contributed by atoms with Crippen LogP contribution in [-0.4, -0.2) is 34.6 Å². The number of para-hydroxylation sites is 1. The number of H-pyrrole nitrogens is 1. The first-order chi connectivity index (χ1) is 14.5. The highest BCUT2D eigenvalue weighted by molar-refractivity contribution is 7.71. The molecule has 164 valence electrons. The van der Waals surface area contributed by atoms with Crippen LogP contribution in [0.4, 0.5) is 0 Å². The molecule has 30 heavy (non-hydrogen) atoms. The summed E-state index contributed by atoms with van der Waals surface area (Å²) in [5.74, 6) is -0.550. The number of unbranched alkanes of at least 4 members (excludes halogenated alkanes) is 4. The lowest BCUT2D eigenvalue weighted by atomic mass is 10.1. The average molecular weight is 434 g/mol. The maximum Gasteiger partial charge on any atom is 0.328 e. The Morgan fingerprint density at radius 3 is 2.67 bits per heavy atom. The summed E-state index contributed by atoms with van der Waals surface area (Å²) >= 11 is 5.31. The first-order valence-electron chi connectivity index (χ1n) is 10.6. The quantitative estimate of drug-likeness (QED) is 0.301. The highest BCUT2D eigenvalue weighted by atomic mass is 32.1. The third kappa shape index (κ3) is 6.79. The van der Waals surface area contributed by atoms with E-state index < -0.39 is 12.0 Å². The van der Waals surface area contributed by atoms with Crippen LogP contribution in [0, 0.1) is 4.77 Å². The van der Waals surface area contributed by atoms with E-state index in [2.05, 4.69) is 17.2 Å². The molecule has 0 saturated heterocycles. The Hall–Kier alpha value is -2.48. The van der Waals surface area contributed by atoms with E-state index in [9.17, 15) is 14.4 Å². The van der Waals surface area contributed by atoms with Crippen molar-refractivity contribution in [2.75, 3.05) is 7.11 Å². The molecule has 1 atom stereocenters. The standard InChI is InChI=1S/C22H31N3O4S/c1-3-4-6-13-18(21(28)29-2)23-19(26)14-7-5-10-15-25-20(27)16-11-8-9-12-17(16)24-22(25)30/h8-9,11-12,18H,3-7,10,13-15H2,1-2H3,(H,23,26)(H,24,30). The van der Waals surface area contributed by atoms with Crippen LogP contribution in [0.5, 0.6) is 0 Å². The van der Waals surface area contributed by atoms with Crippen molar-refractivity contribution < 1.29 is 14.3 Å². The van der Waals surface area contributed by atoms with Crippen molar-refractivity contribution in [2.45, 2.75) is 70.9 Å². The minimum absolute atomic E-state index is 0.0971. The van der Waals surface area contributed by atoms with E-state index in [1.165, 1.54) is 7.11 Å². The summed E-state index contributed by atoms with van der Waals surface area (Å²) < 4.78 is 6.77. The molecule has 0 spiro atoms. The van der Waals surface area contributed by atoms with Crippen LogP contribution in [0.1, 0.15) is 58.3 Å². The lowest BCUT2D eigenvalue weighted by Crippen LogP contribution is -2.41. The molecule has 0 aliphatic carbocycles. The first kappa shape index (κ1) is 23.8. The van der Waals surface area contributed by atoms with Crippen LogP contribution < -0.4 is 10.9 Å². The zero-order chi connectivity index (χ0) is 21.9. The molecular weight excluding hydrogens is 402 g/mol. The summed E-state index contributed by atoms with van der Waals surface area (Å²) in [4.78, 5) is 39.7. The Morgan fingerprint density at radius 2 is 1.93 bits per heavy atom. The third-order valence-electron chi connectivity index (χ3n) is 5.09. The summed E-state index contributed by atoms with van der Waals surface area (Å²) in [6.45, 7) is 2.59. The molecule has 2 aromatic rings. The van der Waals surface area contributed by atoms with Crippen molar-refractivity contribution in [2.24, 2.45) is 0 Å². The van der Waals surface area contributed by atoms with Crippen LogP contribution in [-0.2, 0) is 20.9 Å². The molecule has 0 aliphatic rings. The lowest BCUT2D eigenvalue weighted by molar-refractivity contribution is -0.145. The van der Waals surface area contributed by atoms with Crippen LogP contribution >= 0.6 is 12.2 Å². The molecule has 0 bridgehead atoms. The van der Waals surface area contributed by atoms with Gasteiger partial charge in [0.15, 0.2) is 4.77 Å². The fourth-order valence-corrected chi connectivity index (χ4v) is 3.67. The largest absolute Gasteiger partial charge is 0.467 e. The number of amides is 1. The molecule has 1 aromatic carbocycles. The molecule has 0 radical (unpaired) electrons. The number of carbonyl (C=O) groups is 2. The summed E-state index contributed by atoms with van der Waals surface area (Å²) in [6, 6.07) is 6.72. The van der Waals surface area contributed by atoms with Crippen molar-refractivity contribution in [3.05, 3.63) is 39.4 Å². The molecule has 1 amide bonds. The summed E-state index contributed by atoms with van der Waals surface area (Å²) in [5, 5.41) is 3.40. The van der Waals surface area contributed by atoms with E-state index in [1.54, 1.807) is 10.6 Å². The third-order valence-corrected chi connectivity index (χ3v) is 5.41. The van der Waals surface area contributed by atoms with Gasteiger partial charge in [-0.15, -0.1) is 0 Å². The summed E-state index contributed by atoms with van der Waals surface area (Å²) in [6.07, 6.45) is 6.05. The Morgan fingerprint density at radius 1 is 1.17 bits per heavy atom. The molecule has 2 rings (SSSR count). The van der Waals surface area contributed by atoms with Crippen LogP contribution in [0.3, 0.4) is 0 Å². The predicted octanol–water partition coefficient (Wildman–Crippen LogP) is 3.86. The van der Waals surface area contributed by atoms with E-state index in [4.69, 9.17) is 17.0 Å². The maximum absolute atomic E-state index is 12.6. The molecule has 8 heteroatoms. The monoisotopic (exact) mass is 433 g/mol. The molecule has 1 heterocycles. The first-order valence-corrected chi connectivity index (χ1v) is 11.0. The number of fused-ring (bicyclic) bond motifs is 1. The number of ether oxygens (including phenoxy) is 1. The summed E-state index contributed by atoms with van der Waals surface area (Å²) in [5.41, 5.74) is 0.639. The topological polar surface area (TPSA) is 93.2 Å². The number of esters is 1. The van der Waals surface area contributed by atoms with Gasteiger partial charge < -0.3 is 15.0 Å². The van der Waals surface area contributed by atoms with Gasteiger partial charge in [-0.25, -0.2) is 4.79 Å². The van der Waals surface area contributed by atoms with Gasteiger partial charge in [0.2, 0.25) is 5.91 Å². The molecular formula is C22H31N3O4S. The molecule has 1 unspecified atom stereocenters. The lowest BCUT2D eigenvalue weighted by Gasteiger charge is -2.16. The number of nitrogens with one attached hydrogen (secondary N) is 2. The Balaban J connectivity index is 1.80. The van der Waals surface area contributed by atoms with E-state index in [-0.39, 0.29) is 11.5 Å². The van der Waals surface area contributed by atoms with E-state index in [0.717, 1.165) is 37.6 Å². The average Bonchev–Trinajstić information content (AvgIpc) is 2.74. The number of methoxy groups -OCH3 is 1. The zero-order valence-electron chi connectivity index (χ0n) is 17.7.